The lowest BCUT2D eigenvalue weighted by atomic mass is 10.1. The lowest BCUT2D eigenvalue weighted by Crippen LogP contribution is -2.38. The number of nitrogens with zero attached hydrogens (tertiary/aromatic N) is 5. The van der Waals surface area contributed by atoms with Crippen molar-refractivity contribution in [3.63, 3.8) is 0 Å². The molecule has 28 heavy (non-hydrogen) atoms. The SMILES string of the molecule is Cc1nc2c(cnn2C(C)(C)C)c(=O)n1CCC(=O)N(CC(C)C)CC(C)C. The van der Waals surface area contributed by atoms with Crippen molar-refractivity contribution in [2.24, 2.45) is 11.8 Å². The fraction of sp³-hybridized carbons (Fsp3) is 0.714. The Labute approximate surface area is 167 Å². The number of rotatable bonds is 7. The Kier molecular flexibility index (Phi) is 6.67. The molecular weight excluding hydrogens is 354 g/mol. The minimum atomic E-state index is -0.260. The molecule has 0 aliphatic heterocycles. The van der Waals surface area contributed by atoms with Gasteiger partial charge in [0.1, 0.15) is 11.2 Å². The van der Waals surface area contributed by atoms with Gasteiger partial charge in [-0.05, 0) is 39.5 Å². The molecule has 0 aliphatic carbocycles. The van der Waals surface area contributed by atoms with Crippen LogP contribution in [0.4, 0.5) is 0 Å². The molecule has 0 spiro atoms. The standard InChI is InChI=1S/C21H35N5O2/c1-14(2)12-24(13-15(3)4)18(27)9-10-25-16(5)23-19-17(20(25)28)11-22-26(19)21(6,7)8/h11,14-15H,9-10,12-13H2,1-8H3. The third kappa shape index (κ3) is 5.00. The smallest absolute Gasteiger partial charge is 0.264 e. The second-order valence-electron chi connectivity index (χ2n) is 9.42. The number of aromatic nitrogens is 4. The molecule has 2 rings (SSSR count). The maximum absolute atomic E-state index is 13.0. The summed E-state index contributed by atoms with van der Waals surface area (Å²) in [6.45, 7) is 18.1. The van der Waals surface area contributed by atoms with Crippen LogP contribution < -0.4 is 5.56 Å². The average Bonchev–Trinajstić information content (AvgIpc) is 2.96. The Bertz CT molecular complexity index is 877. The highest BCUT2D eigenvalue weighted by Gasteiger charge is 2.22. The van der Waals surface area contributed by atoms with Gasteiger partial charge in [0.05, 0.1) is 11.7 Å². The van der Waals surface area contributed by atoms with E-state index in [0.717, 1.165) is 13.1 Å². The number of amides is 1. The fourth-order valence-corrected chi connectivity index (χ4v) is 3.39. The van der Waals surface area contributed by atoms with E-state index in [1.807, 2.05) is 32.6 Å². The highest BCUT2D eigenvalue weighted by molar-refractivity contribution is 5.76. The lowest BCUT2D eigenvalue weighted by molar-refractivity contribution is -0.132. The summed E-state index contributed by atoms with van der Waals surface area (Å²) in [5.74, 6) is 1.51. The Morgan fingerprint density at radius 3 is 2.21 bits per heavy atom. The molecule has 7 heteroatoms. The van der Waals surface area contributed by atoms with Gasteiger partial charge in [-0.2, -0.15) is 5.10 Å². The topological polar surface area (TPSA) is 73.0 Å². The maximum Gasteiger partial charge on any atom is 0.264 e. The van der Waals surface area contributed by atoms with Crippen molar-refractivity contribution in [1.29, 1.82) is 0 Å². The number of carbonyl (C=O) groups excluding carboxylic acids is 1. The van der Waals surface area contributed by atoms with Crippen molar-refractivity contribution in [2.75, 3.05) is 13.1 Å². The zero-order valence-electron chi connectivity index (χ0n) is 18.6. The number of carbonyl (C=O) groups is 1. The number of aryl methyl sites for hydroxylation is 1. The van der Waals surface area contributed by atoms with E-state index in [1.165, 1.54) is 0 Å². The zero-order valence-corrected chi connectivity index (χ0v) is 18.6. The molecule has 0 radical (unpaired) electrons. The Hall–Kier alpha value is -2.18. The van der Waals surface area contributed by atoms with E-state index in [0.29, 0.717) is 41.7 Å². The van der Waals surface area contributed by atoms with Gasteiger partial charge in [-0.25, -0.2) is 9.67 Å². The van der Waals surface area contributed by atoms with Crippen molar-refractivity contribution >= 4 is 16.9 Å². The van der Waals surface area contributed by atoms with Gasteiger partial charge in [0.25, 0.3) is 5.56 Å². The molecule has 2 aromatic rings. The van der Waals surface area contributed by atoms with E-state index in [-0.39, 0.29) is 17.0 Å². The molecule has 156 valence electrons. The van der Waals surface area contributed by atoms with Crippen LogP contribution in [0.2, 0.25) is 0 Å². The van der Waals surface area contributed by atoms with Crippen LogP contribution >= 0.6 is 0 Å². The van der Waals surface area contributed by atoms with Gasteiger partial charge >= 0.3 is 0 Å². The monoisotopic (exact) mass is 389 g/mol. The first-order valence-corrected chi connectivity index (χ1v) is 10.1. The largest absolute Gasteiger partial charge is 0.342 e. The number of hydrogen-bond acceptors (Lipinski definition) is 4. The van der Waals surface area contributed by atoms with Gasteiger partial charge in [-0.1, -0.05) is 27.7 Å². The second-order valence-corrected chi connectivity index (χ2v) is 9.42. The van der Waals surface area contributed by atoms with Crippen LogP contribution in [0.25, 0.3) is 11.0 Å². The van der Waals surface area contributed by atoms with Gasteiger partial charge in [0.2, 0.25) is 5.91 Å². The van der Waals surface area contributed by atoms with Gasteiger partial charge in [0.15, 0.2) is 5.65 Å². The van der Waals surface area contributed by atoms with Gasteiger partial charge < -0.3 is 4.90 Å². The molecule has 0 atom stereocenters. The van der Waals surface area contributed by atoms with Gasteiger partial charge in [-0.15, -0.1) is 0 Å². The average molecular weight is 390 g/mol. The van der Waals surface area contributed by atoms with Crippen molar-refractivity contribution in [2.45, 2.75) is 73.9 Å². The fourth-order valence-electron chi connectivity index (χ4n) is 3.39. The van der Waals surface area contributed by atoms with E-state index in [4.69, 9.17) is 0 Å². The molecule has 0 fully saturated rings. The summed E-state index contributed by atoms with van der Waals surface area (Å²) in [6, 6.07) is 0. The second kappa shape index (κ2) is 8.45. The molecule has 1 amide bonds. The third-order valence-electron chi connectivity index (χ3n) is 4.59. The van der Waals surface area contributed by atoms with E-state index in [1.54, 1.807) is 15.4 Å². The van der Waals surface area contributed by atoms with Crippen LogP contribution in [-0.4, -0.2) is 43.2 Å². The minimum absolute atomic E-state index is 0.0826. The van der Waals surface area contributed by atoms with Gasteiger partial charge in [0, 0.05) is 26.1 Å². The highest BCUT2D eigenvalue weighted by Crippen LogP contribution is 2.18. The summed E-state index contributed by atoms with van der Waals surface area (Å²) < 4.78 is 3.37. The summed E-state index contributed by atoms with van der Waals surface area (Å²) in [5.41, 5.74) is 0.202. The van der Waals surface area contributed by atoms with Crippen molar-refractivity contribution in [3.05, 3.63) is 22.4 Å². The normalized spacial score (nSPS) is 12.4. The summed E-state index contributed by atoms with van der Waals surface area (Å²) in [4.78, 5) is 32.3. The predicted octanol–water partition coefficient (Wildman–Crippen LogP) is 3.19. The number of fused-ring (bicyclic) bond motifs is 1. The van der Waals surface area contributed by atoms with E-state index in [2.05, 4.69) is 37.8 Å². The van der Waals surface area contributed by atoms with Crippen LogP contribution in [-0.2, 0) is 16.9 Å². The first-order chi connectivity index (χ1) is 12.9. The van der Waals surface area contributed by atoms with E-state index in [9.17, 15) is 9.59 Å². The highest BCUT2D eigenvalue weighted by atomic mass is 16.2. The molecule has 0 saturated carbocycles. The predicted molar refractivity (Wildman–Crippen MR) is 112 cm³/mol. The molecule has 0 saturated heterocycles. The summed E-state index contributed by atoms with van der Waals surface area (Å²) in [6.07, 6.45) is 1.87. The van der Waals surface area contributed by atoms with Crippen molar-refractivity contribution in [1.82, 2.24) is 24.2 Å². The molecule has 0 aliphatic rings. The van der Waals surface area contributed by atoms with Crippen LogP contribution in [0.5, 0.6) is 0 Å². The summed E-state index contributed by atoms with van der Waals surface area (Å²) >= 11 is 0. The van der Waals surface area contributed by atoms with Crippen LogP contribution in [0.1, 0.15) is 60.7 Å². The van der Waals surface area contributed by atoms with Crippen LogP contribution in [0, 0.1) is 18.8 Å². The molecular formula is C21H35N5O2. The van der Waals surface area contributed by atoms with E-state index < -0.39 is 0 Å². The first kappa shape index (κ1) is 22.1. The lowest BCUT2D eigenvalue weighted by Gasteiger charge is -2.26. The third-order valence-corrected chi connectivity index (χ3v) is 4.59. The van der Waals surface area contributed by atoms with Gasteiger partial charge in [-0.3, -0.25) is 14.2 Å². The first-order valence-electron chi connectivity index (χ1n) is 10.1. The Balaban J connectivity index is 2.26. The quantitative estimate of drug-likeness (QED) is 0.729. The molecule has 7 nitrogen and oxygen atoms in total. The van der Waals surface area contributed by atoms with E-state index >= 15 is 0 Å². The van der Waals surface area contributed by atoms with Crippen LogP contribution in [0.3, 0.4) is 0 Å². The Morgan fingerprint density at radius 1 is 1.14 bits per heavy atom. The van der Waals surface area contributed by atoms with Crippen molar-refractivity contribution < 1.29 is 4.79 Å². The van der Waals surface area contributed by atoms with Crippen LogP contribution in [0.15, 0.2) is 11.0 Å². The molecule has 0 aromatic carbocycles. The van der Waals surface area contributed by atoms with Crippen molar-refractivity contribution in [3.8, 4) is 0 Å². The zero-order chi connectivity index (χ0) is 21.2. The Morgan fingerprint density at radius 2 is 1.71 bits per heavy atom. The molecule has 0 N–H and O–H groups in total. The maximum atomic E-state index is 13.0. The molecule has 0 bridgehead atoms. The molecule has 2 aromatic heterocycles. The summed E-state index contributed by atoms with van der Waals surface area (Å²) in [5, 5.41) is 4.86. The minimum Gasteiger partial charge on any atom is -0.342 e. The number of hydrogen-bond donors (Lipinski definition) is 0. The molecule has 2 heterocycles. The summed E-state index contributed by atoms with van der Waals surface area (Å²) in [7, 11) is 0. The molecule has 0 unspecified atom stereocenters.